The van der Waals surface area contributed by atoms with Gasteiger partial charge in [0.1, 0.15) is 11.5 Å². The molecule has 0 saturated heterocycles. The number of rotatable bonds is 9. The average molecular weight is 260 g/mol. The van der Waals surface area contributed by atoms with Crippen LogP contribution in [0.1, 0.15) is 40.5 Å². The SMILES string of the molecule is CC(C)C(C)C(C)CCSC(CC=O)C(=O)O. The summed E-state index contributed by atoms with van der Waals surface area (Å²) in [4.78, 5) is 21.2. The zero-order chi connectivity index (χ0) is 13.4. The lowest BCUT2D eigenvalue weighted by atomic mass is 9.85. The van der Waals surface area contributed by atoms with E-state index in [-0.39, 0.29) is 6.42 Å². The Hall–Kier alpha value is -0.510. The highest BCUT2D eigenvalue weighted by atomic mass is 32.2. The first-order valence-corrected chi connectivity index (χ1v) is 7.23. The summed E-state index contributed by atoms with van der Waals surface area (Å²) < 4.78 is 0. The van der Waals surface area contributed by atoms with Crippen molar-refractivity contribution in [2.24, 2.45) is 17.8 Å². The van der Waals surface area contributed by atoms with Gasteiger partial charge in [-0.3, -0.25) is 4.79 Å². The number of carbonyl (C=O) groups excluding carboxylic acids is 1. The van der Waals surface area contributed by atoms with Crippen molar-refractivity contribution in [2.75, 3.05) is 5.75 Å². The normalized spacial score (nSPS) is 16.5. The van der Waals surface area contributed by atoms with Gasteiger partial charge in [-0.25, -0.2) is 0 Å². The number of hydrogen-bond acceptors (Lipinski definition) is 3. The van der Waals surface area contributed by atoms with Crippen LogP contribution in [-0.4, -0.2) is 28.4 Å². The van der Waals surface area contributed by atoms with E-state index in [1.54, 1.807) is 0 Å². The highest BCUT2D eigenvalue weighted by Gasteiger charge is 2.19. The van der Waals surface area contributed by atoms with E-state index >= 15 is 0 Å². The van der Waals surface area contributed by atoms with Crippen LogP contribution in [0.25, 0.3) is 0 Å². The molecule has 3 unspecified atom stereocenters. The van der Waals surface area contributed by atoms with E-state index in [2.05, 4.69) is 27.7 Å². The number of carboxylic acid groups (broad SMARTS) is 1. The van der Waals surface area contributed by atoms with Crippen LogP contribution in [-0.2, 0) is 9.59 Å². The van der Waals surface area contributed by atoms with Crippen molar-refractivity contribution < 1.29 is 14.7 Å². The molecule has 0 fully saturated rings. The van der Waals surface area contributed by atoms with Crippen molar-refractivity contribution in [3.63, 3.8) is 0 Å². The lowest BCUT2D eigenvalue weighted by Gasteiger charge is -2.23. The maximum absolute atomic E-state index is 10.8. The van der Waals surface area contributed by atoms with Crippen LogP contribution >= 0.6 is 11.8 Å². The van der Waals surface area contributed by atoms with Crippen molar-refractivity contribution in [3.05, 3.63) is 0 Å². The quantitative estimate of drug-likeness (QED) is 0.647. The Bertz CT molecular complexity index is 241. The summed E-state index contributed by atoms with van der Waals surface area (Å²) in [5.41, 5.74) is 0. The van der Waals surface area contributed by atoms with E-state index < -0.39 is 11.2 Å². The summed E-state index contributed by atoms with van der Waals surface area (Å²) in [5.74, 6) is 1.81. The van der Waals surface area contributed by atoms with Crippen molar-refractivity contribution in [3.8, 4) is 0 Å². The molecule has 3 atom stereocenters. The molecule has 0 radical (unpaired) electrons. The molecule has 0 bridgehead atoms. The summed E-state index contributed by atoms with van der Waals surface area (Å²) in [5, 5.41) is 8.31. The maximum atomic E-state index is 10.8. The van der Waals surface area contributed by atoms with Crippen molar-refractivity contribution in [2.45, 2.75) is 45.8 Å². The van der Waals surface area contributed by atoms with Gasteiger partial charge in [-0.05, 0) is 29.9 Å². The van der Waals surface area contributed by atoms with Gasteiger partial charge >= 0.3 is 5.97 Å². The molecule has 0 saturated carbocycles. The van der Waals surface area contributed by atoms with Gasteiger partial charge in [0.15, 0.2) is 0 Å². The third-order valence-corrected chi connectivity index (χ3v) is 4.69. The average Bonchev–Trinajstić information content (AvgIpc) is 2.26. The van der Waals surface area contributed by atoms with Crippen molar-refractivity contribution in [1.82, 2.24) is 0 Å². The third kappa shape index (κ3) is 6.71. The monoisotopic (exact) mass is 260 g/mol. The smallest absolute Gasteiger partial charge is 0.317 e. The summed E-state index contributed by atoms with van der Waals surface area (Å²) in [6.45, 7) is 8.86. The van der Waals surface area contributed by atoms with Gasteiger partial charge in [0.2, 0.25) is 0 Å². The molecule has 0 aromatic rings. The summed E-state index contributed by atoms with van der Waals surface area (Å²) in [6, 6.07) is 0. The second-order valence-electron chi connectivity index (χ2n) is 4.97. The van der Waals surface area contributed by atoms with Crippen LogP contribution in [0.15, 0.2) is 0 Å². The molecule has 0 aliphatic carbocycles. The van der Waals surface area contributed by atoms with E-state index in [1.807, 2.05) is 0 Å². The molecule has 4 heteroatoms. The number of carbonyl (C=O) groups is 2. The maximum Gasteiger partial charge on any atom is 0.317 e. The highest BCUT2D eigenvalue weighted by Crippen LogP contribution is 2.25. The predicted octanol–water partition coefficient (Wildman–Crippen LogP) is 3.08. The Morgan fingerprint density at radius 3 is 2.29 bits per heavy atom. The second-order valence-corrected chi connectivity index (χ2v) is 6.28. The number of carboxylic acids is 1. The minimum atomic E-state index is -0.883. The lowest BCUT2D eigenvalue weighted by Crippen LogP contribution is -2.19. The molecule has 3 nitrogen and oxygen atoms in total. The number of hydrogen-bond donors (Lipinski definition) is 1. The molecule has 0 aliphatic heterocycles. The van der Waals surface area contributed by atoms with Crippen molar-refractivity contribution in [1.29, 1.82) is 0 Å². The van der Waals surface area contributed by atoms with Gasteiger partial charge in [-0.1, -0.05) is 27.7 Å². The number of aldehydes is 1. The minimum absolute atomic E-state index is 0.105. The van der Waals surface area contributed by atoms with Gasteiger partial charge in [-0.15, -0.1) is 11.8 Å². The first-order valence-electron chi connectivity index (χ1n) is 6.18. The third-order valence-electron chi connectivity index (χ3n) is 3.43. The molecule has 100 valence electrons. The van der Waals surface area contributed by atoms with Gasteiger partial charge in [0.25, 0.3) is 0 Å². The second kappa shape index (κ2) is 8.56. The number of thioether (sulfide) groups is 1. The van der Waals surface area contributed by atoms with Gasteiger partial charge in [0, 0.05) is 6.42 Å². The van der Waals surface area contributed by atoms with Gasteiger partial charge < -0.3 is 9.90 Å². The Morgan fingerprint density at radius 1 is 1.29 bits per heavy atom. The molecular formula is C13H24O3S. The van der Waals surface area contributed by atoms with E-state index in [1.165, 1.54) is 11.8 Å². The minimum Gasteiger partial charge on any atom is -0.480 e. The van der Waals surface area contributed by atoms with Crippen LogP contribution in [0, 0.1) is 17.8 Å². The van der Waals surface area contributed by atoms with Crippen LogP contribution in [0.4, 0.5) is 0 Å². The molecular weight excluding hydrogens is 236 g/mol. The summed E-state index contributed by atoms with van der Waals surface area (Å²) in [7, 11) is 0. The number of aliphatic carboxylic acids is 1. The summed E-state index contributed by atoms with van der Waals surface area (Å²) in [6.07, 6.45) is 1.80. The molecule has 0 aromatic carbocycles. The molecule has 0 aliphatic rings. The zero-order valence-corrected chi connectivity index (χ0v) is 12.0. The van der Waals surface area contributed by atoms with E-state index in [4.69, 9.17) is 5.11 Å². The standard InChI is InChI=1S/C13H24O3S/c1-9(2)11(4)10(3)6-8-17-12(5-7-14)13(15)16/h7,9-12H,5-6,8H2,1-4H3,(H,15,16). The van der Waals surface area contributed by atoms with Crippen LogP contribution in [0.2, 0.25) is 0 Å². The van der Waals surface area contributed by atoms with Crippen LogP contribution < -0.4 is 0 Å². The van der Waals surface area contributed by atoms with Gasteiger partial charge in [-0.2, -0.15) is 0 Å². The topological polar surface area (TPSA) is 54.4 Å². The Morgan fingerprint density at radius 2 is 1.88 bits per heavy atom. The Balaban J connectivity index is 3.95. The fraction of sp³-hybridized carbons (Fsp3) is 0.846. The largest absolute Gasteiger partial charge is 0.480 e. The molecule has 1 N–H and O–H groups in total. The van der Waals surface area contributed by atoms with E-state index in [0.717, 1.165) is 12.2 Å². The van der Waals surface area contributed by atoms with E-state index in [0.29, 0.717) is 24.0 Å². The molecule has 0 heterocycles. The van der Waals surface area contributed by atoms with E-state index in [9.17, 15) is 9.59 Å². The molecule has 0 spiro atoms. The first-order chi connectivity index (χ1) is 7.90. The lowest BCUT2D eigenvalue weighted by molar-refractivity contribution is -0.137. The summed E-state index contributed by atoms with van der Waals surface area (Å²) >= 11 is 1.38. The van der Waals surface area contributed by atoms with Crippen LogP contribution in [0.3, 0.4) is 0 Å². The fourth-order valence-corrected chi connectivity index (χ4v) is 2.79. The van der Waals surface area contributed by atoms with Crippen LogP contribution in [0.5, 0.6) is 0 Å². The zero-order valence-electron chi connectivity index (χ0n) is 11.2. The first kappa shape index (κ1) is 16.5. The Kier molecular flexibility index (Phi) is 8.30. The Labute approximate surface area is 108 Å². The highest BCUT2D eigenvalue weighted by molar-refractivity contribution is 8.00. The van der Waals surface area contributed by atoms with Crippen molar-refractivity contribution >= 4 is 24.0 Å². The molecule has 17 heavy (non-hydrogen) atoms. The molecule has 0 aromatic heterocycles. The van der Waals surface area contributed by atoms with Gasteiger partial charge in [0.05, 0.1) is 0 Å². The molecule has 0 amide bonds. The predicted molar refractivity (Wildman–Crippen MR) is 72.3 cm³/mol. The molecule has 0 rings (SSSR count). The fourth-order valence-electron chi connectivity index (χ4n) is 1.64.